The molecule has 146 valence electrons. The van der Waals surface area contributed by atoms with Crippen LogP contribution < -0.4 is 4.74 Å². The van der Waals surface area contributed by atoms with Gasteiger partial charge in [-0.15, -0.1) is 0 Å². The molecule has 1 aliphatic rings. The second-order valence-corrected chi connectivity index (χ2v) is 7.85. The van der Waals surface area contributed by atoms with E-state index in [1.165, 1.54) is 31.4 Å². The molecule has 1 aromatic rings. The highest BCUT2D eigenvalue weighted by molar-refractivity contribution is 7.87. The van der Waals surface area contributed by atoms with Crippen LogP contribution in [-0.2, 0) is 25.5 Å². The van der Waals surface area contributed by atoms with Gasteiger partial charge in [0.15, 0.2) is 5.60 Å². The zero-order valence-electron chi connectivity index (χ0n) is 14.0. The lowest BCUT2D eigenvalue weighted by molar-refractivity contribution is -0.159. The molecule has 1 atom stereocenters. The molecule has 2 rings (SSSR count). The van der Waals surface area contributed by atoms with Crippen molar-refractivity contribution in [3.63, 3.8) is 0 Å². The van der Waals surface area contributed by atoms with Crippen LogP contribution in [0.25, 0.3) is 0 Å². The standard InChI is InChI=1S/C16H19F3O6S/c1-24-13-7-5-12(6-8-13)10-15(14(20)21,9-11-3-2-4-11)25-26(22,23)16(17,18)19/h5-8,11H,2-4,9-10H2,1H3,(H,20,21)/t15-/m0/s1. The van der Waals surface area contributed by atoms with Crippen LogP contribution in [0.1, 0.15) is 31.2 Å². The van der Waals surface area contributed by atoms with Gasteiger partial charge in [-0.3, -0.25) is 0 Å². The number of carboxylic acid groups (broad SMARTS) is 1. The third-order valence-electron chi connectivity index (χ3n) is 4.43. The van der Waals surface area contributed by atoms with E-state index in [9.17, 15) is 31.5 Å². The molecule has 0 amide bonds. The summed E-state index contributed by atoms with van der Waals surface area (Å²) in [5.41, 5.74) is -7.90. The minimum atomic E-state index is -6.07. The summed E-state index contributed by atoms with van der Waals surface area (Å²) in [6, 6.07) is 5.93. The van der Waals surface area contributed by atoms with Crippen molar-refractivity contribution in [3.8, 4) is 5.75 Å². The van der Waals surface area contributed by atoms with Gasteiger partial charge in [0.25, 0.3) is 0 Å². The molecular formula is C16H19F3O6S. The molecule has 0 radical (unpaired) electrons. The normalized spacial score (nSPS) is 18.0. The van der Waals surface area contributed by atoms with E-state index in [4.69, 9.17) is 4.74 Å². The predicted octanol–water partition coefficient (Wildman–Crippen LogP) is 3.12. The van der Waals surface area contributed by atoms with Crippen molar-refractivity contribution >= 4 is 16.1 Å². The van der Waals surface area contributed by atoms with E-state index in [1.54, 1.807) is 0 Å². The van der Waals surface area contributed by atoms with Gasteiger partial charge in [-0.1, -0.05) is 31.4 Å². The number of halogens is 3. The highest BCUT2D eigenvalue weighted by Gasteiger charge is 2.55. The summed E-state index contributed by atoms with van der Waals surface area (Å²) in [6.45, 7) is 0. The lowest BCUT2D eigenvalue weighted by Gasteiger charge is -2.36. The van der Waals surface area contributed by atoms with Gasteiger partial charge >= 0.3 is 21.6 Å². The summed E-state index contributed by atoms with van der Waals surface area (Å²) in [5.74, 6) is -1.47. The maximum absolute atomic E-state index is 12.8. The summed E-state index contributed by atoms with van der Waals surface area (Å²) < 4.78 is 70.7. The second kappa shape index (κ2) is 7.43. The van der Waals surface area contributed by atoms with Crippen molar-refractivity contribution in [1.29, 1.82) is 0 Å². The predicted molar refractivity (Wildman–Crippen MR) is 85.1 cm³/mol. The molecule has 0 bridgehead atoms. The second-order valence-electron chi connectivity index (χ2n) is 6.31. The Bertz CT molecular complexity index is 740. The van der Waals surface area contributed by atoms with Gasteiger partial charge in [-0.2, -0.15) is 21.6 Å². The van der Waals surface area contributed by atoms with Crippen LogP contribution in [0.15, 0.2) is 24.3 Å². The first-order valence-corrected chi connectivity index (χ1v) is 9.28. The SMILES string of the molecule is COc1ccc(C[C@](CC2CCC2)(OS(=O)(=O)C(F)(F)F)C(=O)O)cc1. The van der Waals surface area contributed by atoms with E-state index in [0.29, 0.717) is 24.2 Å². The smallest absolute Gasteiger partial charge is 0.497 e. The Hall–Kier alpha value is -1.81. The molecule has 1 saturated carbocycles. The van der Waals surface area contributed by atoms with Crippen LogP contribution >= 0.6 is 0 Å². The van der Waals surface area contributed by atoms with Gasteiger partial charge < -0.3 is 9.84 Å². The monoisotopic (exact) mass is 396 g/mol. The van der Waals surface area contributed by atoms with E-state index in [-0.39, 0.29) is 12.3 Å². The van der Waals surface area contributed by atoms with Gasteiger partial charge in [-0.05, 0) is 30.0 Å². The van der Waals surface area contributed by atoms with Crippen molar-refractivity contribution in [3.05, 3.63) is 29.8 Å². The molecule has 10 heteroatoms. The zero-order valence-corrected chi connectivity index (χ0v) is 14.8. The topological polar surface area (TPSA) is 89.9 Å². The maximum Gasteiger partial charge on any atom is 0.523 e. The lowest BCUT2D eigenvalue weighted by Crippen LogP contribution is -2.49. The molecule has 0 spiro atoms. The Balaban J connectivity index is 2.39. The molecule has 0 unspecified atom stereocenters. The van der Waals surface area contributed by atoms with Crippen molar-refractivity contribution in [1.82, 2.24) is 0 Å². The number of carbonyl (C=O) groups is 1. The third-order valence-corrected chi connectivity index (χ3v) is 5.54. The number of ether oxygens (including phenoxy) is 1. The summed E-state index contributed by atoms with van der Waals surface area (Å²) in [5, 5.41) is 9.60. The van der Waals surface area contributed by atoms with Crippen LogP contribution in [0.5, 0.6) is 5.75 Å². The van der Waals surface area contributed by atoms with Gasteiger partial charge in [0, 0.05) is 6.42 Å². The number of hydrogen-bond donors (Lipinski definition) is 1. The van der Waals surface area contributed by atoms with Crippen LogP contribution in [0.3, 0.4) is 0 Å². The first-order valence-electron chi connectivity index (χ1n) is 7.87. The van der Waals surface area contributed by atoms with E-state index in [0.717, 1.165) is 6.42 Å². The molecule has 0 aliphatic heterocycles. The van der Waals surface area contributed by atoms with E-state index < -0.39 is 33.6 Å². The molecule has 1 fully saturated rings. The van der Waals surface area contributed by atoms with Crippen LogP contribution in [0.4, 0.5) is 13.2 Å². The molecule has 0 saturated heterocycles. The first kappa shape index (κ1) is 20.5. The van der Waals surface area contributed by atoms with Crippen molar-refractivity contribution in [2.45, 2.75) is 43.2 Å². The minimum Gasteiger partial charge on any atom is -0.497 e. The van der Waals surface area contributed by atoms with E-state index >= 15 is 0 Å². The van der Waals surface area contributed by atoms with Gasteiger partial charge in [0.05, 0.1) is 7.11 Å². The molecule has 1 aromatic carbocycles. The fraction of sp³-hybridized carbons (Fsp3) is 0.562. The Kier molecular flexibility index (Phi) is 5.86. The number of alkyl halides is 3. The maximum atomic E-state index is 12.8. The van der Waals surface area contributed by atoms with Gasteiger partial charge in [0.1, 0.15) is 5.75 Å². The molecular weight excluding hydrogens is 377 g/mol. The number of carboxylic acids is 1. The zero-order chi connectivity index (χ0) is 19.6. The lowest BCUT2D eigenvalue weighted by atomic mass is 9.75. The van der Waals surface area contributed by atoms with Crippen LogP contribution in [0.2, 0.25) is 0 Å². The fourth-order valence-electron chi connectivity index (χ4n) is 2.83. The summed E-state index contributed by atoms with van der Waals surface area (Å²) in [6.07, 6.45) is 1.22. The Morgan fingerprint density at radius 1 is 1.23 bits per heavy atom. The van der Waals surface area contributed by atoms with E-state index in [1.807, 2.05) is 0 Å². The number of benzene rings is 1. The molecule has 6 nitrogen and oxygen atoms in total. The van der Waals surface area contributed by atoms with E-state index in [2.05, 4.69) is 4.18 Å². The van der Waals surface area contributed by atoms with Crippen LogP contribution in [-0.4, -0.2) is 37.7 Å². The van der Waals surface area contributed by atoms with Crippen molar-refractivity contribution < 1.29 is 40.4 Å². The quantitative estimate of drug-likeness (QED) is 0.536. The average molecular weight is 396 g/mol. The highest BCUT2D eigenvalue weighted by atomic mass is 32.2. The van der Waals surface area contributed by atoms with Crippen molar-refractivity contribution in [2.24, 2.45) is 5.92 Å². The van der Waals surface area contributed by atoms with Gasteiger partial charge in [-0.25, -0.2) is 8.98 Å². The Morgan fingerprint density at radius 3 is 2.19 bits per heavy atom. The minimum absolute atomic E-state index is 0.201. The van der Waals surface area contributed by atoms with Crippen LogP contribution in [0, 0.1) is 5.92 Å². The summed E-state index contributed by atoms with van der Waals surface area (Å²) >= 11 is 0. The number of hydrogen-bond acceptors (Lipinski definition) is 5. The van der Waals surface area contributed by atoms with Crippen molar-refractivity contribution in [2.75, 3.05) is 7.11 Å². The summed E-state index contributed by atoms with van der Waals surface area (Å²) in [7, 11) is -4.65. The number of methoxy groups -OCH3 is 1. The average Bonchev–Trinajstić information content (AvgIpc) is 2.50. The number of aliphatic carboxylic acids is 1. The number of rotatable bonds is 8. The molecule has 26 heavy (non-hydrogen) atoms. The Morgan fingerprint density at radius 2 is 1.81 bits per heavy atom. The highest BCUT2D eigenvalue weighted by Crippen LogP contribution is 2.40. The molecule has 0 aromatic heterocycles. The van der Waals surface area contributed by atoms with Gasteiger partial charge in [0.2, 0.25) is 0 Å². The molecule has 1 N–H and O–H groups in total. The first-order chi connectivity index (χ1) is 12.0. The largest absolute Gasteiger partial charge is 0.523 e. The molecule has 0 heterocycles. The third kappa shape index (κ3) is 4.47. The Labute approximate surface area is 149 Å². The fourth-order valence-corrected chi connectivity index (χ4v) is 3.54. The summed E-state index contributed by atoms with van der Waals surface area (Å²) in [4.78, 5) is 11.8. The molecule has 1 aliphatic carbocycles.